The number of carboxylic acids is 1. The molecular formula is C16H23N3O4S. The number of carbonyl (C=O) groups is 2. The average Bonchev–Trinajstić information content (AvgIpc) is 3.03. The van der Waals surface area contributed by atoms with Crippen LogP contribution in [0.2, 0.25) is 0 Å². The molecule has 0 saturated carbocycles. The first-order chi connectivity index (χ1) is 11.2. The number of thioether (sulfide) groups is 1. The van der Waals surface area contributed by atoms with E-state index in [1.165, 1.54) is 16.7 Å². The molecule has 3 rings (SSSR count). The van der Waals surface area contributed by atoms with Crippen LogP contribution in [0.4, 0.5) is 0 Å². The highest BCUT2D eigenvalue weighted by Gasteiger charge is 2.60. The fourth-order valence-corrected chi connectivity index (χ4v) is 5.48. The summed E-state index contributed by atoms with van der Waals surface area (Å²) in [6.07, 6.45) is 0.116. The van der Waals surface area contributed by atoms with Crippen LogP contribution in [-0.2, 0) is 9.59 Å². The minimum atomic E-state index is -1.08. The SMILES string of the molecule is CC(=N)N1CC[C@H](SC2=C(C(=O)O)N3C(=O)[C@H]([C@@H](C)O)[C@@H]3[C@@H]2C)C1. The van der Waals surface area contributed by atoms with Crippen LogP contribution in [0.3, 0.4) is 0 Å². The third kappa shape index (κ3) is 2.52. The minimum Gasteiger partial charge on any atom is -0.477 e. The van der Waals surface area contributed by atoms with Gasteiger partial charge in [-0.25, -0.2) is 4.79 Å². The Morgan fingerprint density at radius 2 is 2.12 bits per heavy atom. The largest absolute Gasteiger partial charge is 0.477 e. The van der Waals surface area contributed by atoms with Crippen molar-refractivity contribution in [2.45, 2.75) is 44.6 Å². The van der Waals surface area contributed by atoms with Gasteiger partial charge in [0, 0.05) is 29.2 Å². The molecule has 132 valence electrons. The number of aliphatic carboxylic acids is 1. The van der Waals surface area contributed by atoms with Crippen molar-refractivity contribution in [1.29, 1.82) is 5.41 Å². The Labute approximate surface area is 145 Å². The standard InChI is InChI=1S/C16H23N3O4S/c1-7-12-11(8(2)20)15(21)19(12)13(16(22)23)14(7)24-10-4-5-18(6-10)9(3)17/h7-8,10-12,17,20H,4-6H2,1-3H3,(H,22,23)/t7-,8+,10-,11+,12-/m0/s1. The molecule has 0 aromatic heterocycles. The number of amides is 1. The lowest BCUT2D eigenvalue weighted by molar-refractivity contribution is -0.163. The number of β-lactam (4-membered cyclic amide) rings is 1. The van der Waals surface area contributed by atoms with E-state index in [0.717, 1.165) is 24.4 Å². The van der Waals surface area contributed by atoms with Gasteiger partial charge in [-0.2, -0.15) is 0 Å². The highest BCUT2D eigenvalue weighted by Crippen LogP contribution is 2.51. The summed E-state index contributed by atoms with van der Waals surface area (Å²) in [4.78, 5) is 28.1. The van der Waals surface area contributed by atoms with Gasteiger partial charge in [0.2, 0.25) is 5.91 Å². The predicted molar refractivity (Wildman–Crippen MR) is 90.6 cm³/mol. The van der Waals surface area contributed by atoms with Gasteiger partial charge in [0.15, 0.2) is 0 Å². The highest BCUT2D eigenvalue weighted by molar-refractivity contribution is 8.03. The summed E-state index contributed by atoms with van der Waals surface area (Å²) in [5.74, 6) is -1.45. The summed E-state index contributed by atoms with van der Waals surface area (Å²) in [6, 6.07) is -0.256. The van der Waals surface area contributed by atoms with E-state index in [1.54, 1.807) is 13.8 Å². The Kier molecular flexibility index (Phi) is 4.37. The van der Waals surface area contributed by atoms with Crippen molar-refractivity contribution in [2.75, 3.05) is 13.1 Å². The van der Waals surface area contributed by atoms with E-state index in [2.05, 4.69) is 0 Å². The molecule has 8 heteroatoms. The van der Waals surface area contributed by atoms with Gasteiger partial charge >= 0.3 is 5.97 Å². The highest BCUT2D eigenvalue weighted by atomic mass is 32.2. The smallest absolute Gasteiger partial charge is 0.353 e. The summed E-state index contributed by atoms with van der Waals surface area (Å²) in [5, 5.41) is 27.4. The zero-order chi connectivity index (χ0) is 17.8. The average molecular weight is 353 g/mol. The number of amidine groups is 1. The van der Waals surface area contributed by atoms with Crippen LogP contribution >= 0.6 is 11.8 Å². The first-order valence-electron chi connectivity index (χ1n) is 8.19. The van der Waals surface area contributed by atoms with Crippen molar-refractivity contribution in [3.8, 4) is 0 Å². The van der Waals surface area contributed by atoms with E-state index in [1.807, 2.05) is 11.8 Å². The maximum atomic E-state index is 12.3. The number of carboxylic acid groups (broad SMARTS) is 1. The number of aliphatic hydroxyl groups excluding tert-OH is 1. The van der Waals surface area contributed by atoms with Gasteiger partial charge in [0.1, 0.15) is 5.70 Å². The summed E-state index contributed by atoms with van der Waals surface area (Å²) in [7, 11) is 0. The van der Waals surface area contributed by atoms with Gasteiger partial charge in [0.25, 0.3) is 0 Å². The minimum absolute atomic E-state index is 0.0874. The molecule has 3 aliphatic rings. The number of nitrogens with zero attached hydrogens (tertiary/aromatic N) is 2. The second kappa shape index (κ2) is 6.07. The van der Waals surface area contributed by atoms with Gasteiger partial charge < -0.3 is 20.0 Å². The molecule has 3 N–H and O–H groups in total. The van der Waals surface area contributed by atoms with E-state index < -0.39 is 18.0 Å². The van der Waals surface area contributed by atoms with Crippen molar-refractivity contribution in [2.24, 2.45) is 11.8 Å². The molecule has 0 aromatic rings. The Balaban J connectivity index is 1.83. The maximum absolute atomic E-state index is 12.3. The third-order valence-corrected chi connectivity index (χ3v) is 6.76. The molecule has 2 fully saturated rings. The number of hydrogen-bond acceptors (Lipinski definition) is 5. The molecule has 24 heavy (non-hydrogen) atoms. The zero-order valence-corrected chi connectivity index (χ0v) is 14.8. The van der Waals surface area contributed by atoms with E-state index >= 15 is 0 Å². The summed E-state index contributed by atoms with van der Waals surface area (Å²) < 4.78 is 0. The number of hydrogen-bond donors (Lipinski definition) is 3. The van der Waals surface area contributed by atoms with Gasteiger partial charge in [-0.15, -0.1) is 11.8 Å². The lowest BCUT2D eigenvalue weighted by Crippen LogP contribution is -2.63. The molecular weight excluding hydrogens is 330 g/mol. The summed E-state index contributed by atoms with van der Waals surface area (Å²) in [5.41, 5.74) is 0.0874. The molecule has 5 atom stereocenters. The number of fused-ring (bicyclic) bond motifs is 1. The van der Waals surface area contributed by atoms with Crippen LogP contribution in [0.1, 0.15) is 27.2 Å². The molecule has 0 aromatic carbocycles. The van der Waals surface area contributed by atoms with Crippen LogP contribution < -0.4 is 0 Å². The van der Waals surface area contributed by atoms with Gasteiger partial charge in [-0.05, 0) is 20.3 Å². The molecule has 0 aliphatic carbocycles. The molecule has 0 radical (unpaired) electrons. The molecule has 0 unspecified atom stereocenters. The van der Waals surface area contributed by atoms with Crippen LogP contribution in [0.5, 0.6) is 0 Å². The topological polar surface area (TPSA) is 105 Å². The quantitative estimate of drug-likeness (QED) is 0.395. The van der Waals surface area contributed by atoms with Crippen molar-refractivity contribution in [3.05, 3.63) is 10.6 Å². The van der Waals surface area contributed by atoms with E-state index in [9.17, 15) is 19.8 Å². The molecule has 2 saturated heterocycles. The first-order valence-corrected chi connectivity index (χ1v) is 9.07. The molecule has 0 spiro atoms. The summed E-state index contributed by atoms with van der Waals surface area (Å²) in [6.45, 7) is 6.80. The fraction of sp³-hybridized carbons (Fsp3) is 0.688. The van der Waals surface area contributed by atoms with Crippen molar-refractivity contribution < 1.29 is 19.8 Å². The van der Waals surface area contributed by atoms with E-state index in [4.69, 9.17) is 5.41 Å². The fourth-order valence-electron chi connectivity index (χ4n) is 3.99. The number of likely N-dealkylation sites (tertiary alicyclic amines) is 1. The maximum Gasteiger partial charge on any atom is 0.353 e. The van der Waals surface area contributed by atoms with Crippen LogP contribution in [-0.4, -0.2) is 68.2 Å². The Hall–Kier alpha value is -1.54. The number of aliphatic hydroxyl groups is 1. The summed E-state index contributed by atoms with van der Waals surface area (Å²) >= 11 is 1.53. The number of nitrogens with one attached hydrogen (secondary N) is 1. The Bertz CT molecular complexity index is 633. The van der Waals surface area contributed by atoms with E-state index in [-0.39, 0.29) is 28.8 Å². The third-order valence-electron chi connectivity index (χ3n) is 5.22. The zero-order valence-electron chi connectivity index (χ0n) is 14.0. The molecule has 7 nitrogen and oxygen atoms in total. The van der Waals surface area contributed by atoms with E-state index in [0.29, 0.717) is 5.84 Å². The van der Waals surface area contributed by atoms with Crippen molar-refractivity contribution in [1.82, 2.24) is 9.80 Å². The normalized spacial score (nSPS) is 33.6. The molecule has 3 heterocycles. The molecule has 3 aliphatic heterocycles. The Morgan fingerprint density at radius 1 is 1.46 bits per heavy atom. The van der Waals surface area contributed by atoms with Crippen LogP contribution in [0.15, 0.2) is 10.6 Å². The van der Waals surface area contributed by atoms with Gasteiger partial charge in [-0.3, -0.25) is 10.2 Å². The monoisotopic (exact) mass is 353 g/mol. The molecule has 0 bridgehead atoms. The predicted octanol–water partition coefficient (Wildman–Crippen LogP) is 0.945. The van der Waals surface area contributed by atoms with Gasteiger partial charge in [-0.1, -0.05) is 6.92 Å². The van der Waals surface area contributed by atoms with Crippen LogP contribution in [0.25, 0.3) is 0 Å². The van der Waals surface area contributed by atoms with Crippen LogP contribution in [0, 0.1) is 17.2 Å². The lowest BCUT2D eigenvalue weighted by atomic mass is 9.79. The van der Waals surface area contributed by atoms with Crippen molar-refractivity contribution in [3.63, 3.8) is 0 Å². The first kappa shape index (κ1) is 17.3. The Morgan fingerprint density at radius 3 is 2.62 bits per heavy atom. The van der Waals surface area contributed by atoms with Gasteiger partial charge in [0.05, 0.1) is 23.9 Å². The second-order valence-corrected chi connectivity index (χ2v) is 8.17. The molecule has 1 amide bonds. The second-order valence-electron chi connectivity index (χ2n) is 6.83. The number of rotatable bonds is 4. The lowest BCUT2D eigenvalue weighted by Gasteiger charge is -2.46. The number of carbonyl (C=O) groups excluding carboxylic acids is 1. The van der Waals surface area contributed by atoms with Crippen molar-refractivity contribution >= 4 is 29.5 Å².